The van der Waals surface area contributed by atoms with E-state index in [-0.39, 0.29) is 18.1 Å². The van der Waals surface area contributed by atoms with Crippen LogP contribution in [0.5, 0.6) is 0 Å². The van der Waals surface area contributed by atoms with E-state index in [4.69, 9.17) is 4.74 Å². The van der Waals surface area contributed by atoms with Crippen LogP contribution in [0.2, 0.25) is 0 Å². The molecule has 5 nitrogen and oxygen atoms in total. The first-order valence-corrected chi connectivity index (χ1v) is 7.55. The Labute approximate surface area is 121 Å². The Kier molecular flexibility index (Phi) is 3.58. The minimum atomic E-state index is -0.0361. The van der Waals surface area contributed by atoms with Gasteiger partial charge in [-0.05, 0) is 31.4 Å². The number of hydrogen-bond donors (Lipinski definition) is 1. The van der Waals surface area contributed by atoms with Crippen LogP contribution in [0.4, 0.5) is 0 Å². The van der Waals surface area contributed by atoms with E-state index in [0.29, 0.717) is 18.8 Å². The van der Waals surface area contributed by atoms with Crippen LogP contribution in [0.15, 0.2) is 23.6 Å². The van der Waals surface area contributed by atoms with Crippen molar-refractivity contribution in [3.63, 3.8) is 0 Å². The lowest BCUT2D eigenvalue weighted by Gasteiger charge is -2.34. The van der Waals surface area contributed by atoms with Crippen LogP contribution >= 0.6 is 11.3 Å². The second-order valence-corrected chi connectivity index (χ2v) is 6.06. The van der Waals surface area contributed by atoms with Crippen molar-refractivity contribution in [3.8, 4) is 10.6 Å². The summed E-state index contributed by atoms with van der Waals surface area (Å²) in [6, 6.07) is 5.80. The zero-order valence-electron chi connectivity index (χ0n) is 11.5. The van der Waals surface area contributed by atoms with Gasteiger partial charge in [0.25, 0.3) is 5.91 Å². The van der Waals surface area contributed by atoms with Crippen molar-refractivity contribution in [2.75, 3.05) is 13.1 Å². The molecule has 2 aromatic heterocycles. The Morgan fingerprint density at radius 2 is 2.20 bits per heavy atom. The van der Waals surface area contributed by atoms with Crippen LogP contribution < -0.4 is 0 Å². The molecule has 1 N–H and O–H groups in total. The Balaban J connectivity index is 1.77. The SMILES string of the molecule is C[C@@H]1CN(C(=O)c2cc(-c3cccs3)[nH]n2)C[C@@H](C)O1. The first-order valence-electron chi connectivity index (χ1n) is 6.67. The fourth-order valence-electron chi connectivity index (χ4n) is 2.50. The van der Waals surface area contributed by atoms with Gasteiger partial charge in [-0.3, -0.25) is 9.89 Å². The van der Waals surface area contributed by atoms with Gasteiger partial charge in [0.1, 0.15) is 0 Å². The normalized spacial score (nSPS) is 23.0. The van der Waals surface area contributed by atoms with E-state index in [9.17, 15) is 4.79 Å². The molecule has 0 spiro atoms. The molecule has 2 atom stereocenters. The van der Waals surface area contributed by atoms with Crippen molar-refractivity contribution in [1.82, 2.24) is 15.1 Å². The summed E-state index contributed by atoms with van der Waals surface area (Å²) in [6.07, 6.45) is 0.136. The van der Waals surface area contributed by atoms with Gasteiger partial charge in [0.2, 0.25) is 0 Å². The van der Waals surface area contributed by atoms with Gasteiger partial charge in [-0.1, -0.05) is 6.07 Å². The number of amides is 1. The number of nitrogens with one attached hydrogen (secondary N) is 1. The zero-order valence-corrected chi connectivity index (χ0v) is 12.3. The highest BCUT2D eigenvalue weighted by Gasteiger charge is 2.27. The third kappa shape index (κ3) is 2.62. The van der Waals surface area contributed by atoms with E-state index in [1.54, 1.807) is 11.3 Å². The summed E-state index contributed by atoms with van der Waals surface area (Å²) in [5.41, 5.74) is 1.35. The van der Waals surface area contributed by atoms with Crippen molar-refractivity contribution in [2.45, 2.75) is 26.1 Å². The van der Waals surface area contributed by atoms with E-state index in [1.165, 1.54) is 0 Å². The minimum absolute atomic E-state index is 0.0361. The summed E-state index contributed by atoms with van der Waals surface area (Å²) in [5, 5.41) is 9.08. The number of nitrogens with zero attached hydrogens (tertiary/aromatic N) is 2. The standard InChI is InChI=1S/C14H17N3O2S/c1-9-7-17(8-10(2)19-9)14(18)12-6-11(15-16-12)13-4-3-5-20-13/h3-6,9-10H,7-8H2,1-2H3,(H,15,16)/t9-,10-/m1/s1. The van der Waals surface area contributed by atoms with Crippen LogP contribution in [0.3, 0.4) is 0 Å². The van der Waals surface area contributed by atoms with Crippen molar-refractivity contribution in [2.24, 2.45) is 0 Å². The predicted octanol–water partition coefficient (Wildman–Crippen LogP) is 2.39. The Hall–Kier alpha value is -1.66. The van der Waals surface area contributed by atoms with E-state index < -0.39 is 0 Å². The molecule has 1 fully saturated rings. The van der Waals surface area contributed by atoms with Gasteiger partial charge in [-0.15, -0.1) is 11.3 Å². The lowest BCUT2D eigenvalue weighted by molar-refractivity contribution is -0.0587. The van der Waals surface area contributed by atoms with Gasteiger partial charge in [-0.25, -0.2) is 0 Å². The van der Waals surface area contributed by atoms with Crippen molar-refractivity contribution in [3.05, 3.63) is 29.3 Å². The molecule has 1 aliphatic heterocycles. The summed E-state index contributed by atoms with van der Waals surface area (Å²) in [6.45, 7) is 5.20. The number of carbonyl (C=O) groups excluding carboxylic acids is 1. The average Bonchev–Trinajstić information content (AvgIpc) is 3.07. The van der Waals surface area contributed by atoms with Crippen LogP contribution in [0.1, 0.15) is 24.3 Å². The Morgan fingerprint density at radius 1 is 1.45 bits per heavy atom. The maximum atomic E-state index is 12.5. The highest BCUT2D eigenvalue weighted by atomic mass is 32.1. The smallest absolute Gasteiger partial charge is 0.274 e. The number of H-pyrrole nitrogens is 1. The summed E-state index contributed by atoms with van der Waals surface area (Å²) < 4.78 is 5.65. The molecule has 0 aromatic carbocycles. The summed E-state index contributed by atoms with van der Waals surface area (Å²) >= 11 is 1.62. The highest BCUT2D eigenvalue weighted by molar-refractivity contribution is 7.13. The summed E-state index contributed by atoms with van der Waals surface area (Å²) in [4.78, 5) is 15.4. The summed E-state index contributed by atoms with van der Waals surface area (Å²) in [7, 11) is 0. The third-order valence-corrected chi connectivity index (χ3v) is 4.19. The molecule has 0 bridgehead atoms. The molecule has 1 aliphatic rings. The number of aromatic nitrogens is 2. The van der Waals surface area contributed by atoms with Crippen LogP contribution in [0.25, 0.3) is 10.6 Å². The van der Waals surface area contributed by atoms with Gasteiger partial charge in [0.05, 0.1) is 22.8 Å². The molecule has 1 saturated heterocycles. The third-order valence-electron chi connectivity index (χ3n) is 3.29. The fraction of sp³-hybridized carbons (Fsp3) is 0.429. The number of ether oxygens (including phenoxy) is 1. The minimum Gasteiger partial charge on any atom is -0.372 e. The lowest BCUT2D eigenvalue weighted by atomic mass is 10.2. The average molecular weight is 291 g/mol. The van der Waals surface area contributed by atoms with Crippen LogP contribution in [0, 0.1) is 0 Å². The Bertz CT molecular complexity index is 583. The van der Waals surface area contributed by atoms with E-state index in [0.717, 1.165) is 10.6 Å². The molecule has 3 heterocycles. The number of rotatable bonds is 2. The number of aromatic amines is 1. The van der Waals surface area contributed by atoms with E-state index in [1.807, 2.05) is 42.3 Å². The molecule has 6 heteroatoms. The molecule has 3 rings (SSSR count). The second kappa shape index (κ2) is 5.38. The second-order valence-electron chi connectivity index (χ2n) is 5.11. The van der Waals surface area contributed by atoms with Crippen LogP contribution in [-0.4, -0.2) is 46.3 Å². The number of carbonyl (C=O) groups is 1. The van der Waals surface area contributed by atoms with Crippen molar-refractivity contribution in [1.29, 1.82) is 0 Å². The van der Waals surface area contributed by atoms with Gasteiger partial charge in [0, 0.05) is 13.1 Å². The number of thiophene rings is 1. The fourth-order valence-corrected chi connectivity index (χ4v) is 3.19. The zero-order chi connectivity index (χ0) is 14.1. The predicted molar refractivity (Wildman–Crippen MR) is 77.8 cm³/mol. The first-order chi connectivity index (χ1) is 9.63. The van der Waals surface area contributed by atoms with Gasteiger partial charge < -0.3 is 9.64 Å². The molecule has 0 saturated carbocycles. The van der Waals surface area contributed by atoms with Crippen LogP contribution in [-0.2, 0) is 4.74 Å². The van der Waals surface area contributed by atoms with Gasteiger partial charge >= 0.3 is 0 Å². The van der Waals surface area contributed by atoms with Gasteiger partial charge in [-0.2, -0.15) is 5.10 Å². The topological polar surface area (TPSA) is 58.2 Å². The Morgan fingerprint density at radius 3 is 2.85 bits per heavy atom. The number of hydrogen-bond acceptors (Lipinski definition) is 4. The maximum Gasteiger partial charge on any atom is 0.274 e. The lowest BCUT2D eigenvalue weighted by Crippen LogP contribution is -2.48. The van der Waals surface area contributed by atoms with Crippen molar-refractivity contribution < 1.29 is 9.53 Å². The molecular formula is C14H17N3O2S. The number of morpholine rings is 1. The largest absolute Gasteiger partial charge is 0.372 e. The molecular weight excluding hydrogens is 274 g/mol. The molecule has 20 heavy (non-hydrogen) atoms. The molecule has 0 unspecified atom stereocenters. The quantitative estimate of drug-likeness (QED) is 0.924. The van der Waals surface area contributed by atoms with Gasteiger partial charge in [0.15, 0.2) is 5.69 Å². The molecule has 1 amide bonds. The van der Waals surface area contributed by atoms with E-state index >= 15 is 0 Å². The summed E-state index contributed by atoms with van der Waals surface area (Å²) in [5.74, 6) is -0.0361. The first kappa shape index (κ1) is 13.3. The molecule has 106 valence electrons. The molecule has 2 aromatic rings. The van der Waals surface area contributed by atoms with Crippen molar-refractivity contribution >= 4 is 17.2 Å². The maximum absolute atomic E-state index is 12.5. The van der Waals surface area contributed by atoms with E-state index in [2.05, 4.69) is 10.2 Å². The molecule has 0 radical (unpaired) electrons. The molecule has 0 aliphatic carbocycles. The highest BCUT2D eigenvalue weighted by Crippen LogP contribution is 2.23. The monoisotopic (exact) mass is 291 g/mol.